The number of hydrogen-bond acceptors (Lipinski definition) is 4. The van der Waals surface area contributed by atoms with Crippen LogP contribution in [0.25, 0.3) is 0 Å². The van der Waals surface area contributed by atoms with Gasteiger partial charge in [-0.1, -0.05) is 12.1 Å². The predicted octanol–water partition coefficient (Wildman–Crippen LogP) is 2.44. The second kappa shape index (κ2) is 6.28. The van der Waals surface area contributed by atoms with Crippen molar-refractivity contribution in [1.82, 2.24) is 0 Å². The summed E-state index contributed by atoms with van der Waals surface area (Å²) in [5.41, 5.74) is 6.60. The molecule has 0 spiro atoms. The van der Waals surface area contributed by atoms with Crippen molar-refractivity contribution in [3.8, 4) is 0 Å². The van der Waals surface area contributed by atoms with Crippen LogP contribution in [0.2, 0.25) is 0 Å². The van der Waals surface area contributed by atoms with E-state index in [1.165, 1.54) is 6.07 Å². The predicted molar refractivity (Wildman–Crippen MR) is 85.7 cm³/mol. The third-order valence-electron chi connectivity index (χ3n) is 2.69. The fourth-order valence-electron chi connectivity index (χ4n) is 1.71. The topological polar surface area (TPSA) is 89.3 Å². The van der Waals surface area contributed by atoms with Crippen molar-refractivity contribution in [3.05, 3.63) is 53.0 Å². The van der Waals surface area contributed by atoms with E-state index in [1.807, 2.05) is 0 Å². The quantitative estimate of drug-likeness (QED) is 0.811. The first-order valence-electron chi connectivity index (χ1n) is 6.01. The Hall–Kier alpha value is -1.86. The third kappa shape index (κ3) is 4.05. The summed E-state index contributed by atoms with van der Waals surface area (Å²) in [6.07, 6.45) is 0. The molecule has 0 aromatic heterocycles. The van der Waals surface area contributed by atoms with E-state index in [9.17, 15) is 13.2 Å². The molecule has 0 fully saturated rings. The number of anilines is 2. The van der Waals surface area contributed by atoms with E-state index < -0.39 is 21.5 Å². The maximum Gasteiger partial charge on any atom is 0.239 e. The van der Waals surface area contributed by atoms with E-state index >= 15 is 0 Å². The summed E-state index contributed by atoms with van der Waals surface area (Å²) in [5, 5.41) is 2.53. The summed E-state index contributed by atoms with van der Waals surface area (Å²) in [7, 11) is -3.70. The SMILES string of the molecule is Nc1ccc(NC(=O)CS(=O)(=O)c2ccccc2Br)cc1. The minimum Gasteiger partial charge on any atom is -0.399 e. The van der Waals surface area contributed by atoms with E-state index in [4.69, 9.17) is 5.73 Å². The molecule has 0 heterocycles. The first-order valence-corrected chi connectivity index (χ1v) is 8.46. The molecule has 0 aliphatic rings. The van der Waals surface area contributed by atoms with Crippen LogP contribution in [-0.2, 0) is 14.6 Å². The molecule has 0 radical (unpaired) electrons. The fourth-order valence-corrected chi connectivity index (χ4v) is 3.96. The lowest BCUT2D eigenvalue weighted by Crippen LogP contribution is -2.23. The van der Waals surface area contributed by atoms with E-state index in [2.05, 4.69) is 21.2 Å². The van der Waals surface area contributed by atoms with Crippen LogP contribution in [0.15, 0.2) is 57.9 Å². The summed E-state index contributed by atoms with van der Waals surface area (Å²) in [6, 6.07) is 12.8. The molecule has 110 valence electrons. The Bertz CT molecular complexity index is 758. The lowest BCUT2D eigenvalue weighted by atomic mass is 10.3. The van der Waals surface area contributed by atoms with Crippen LogP contribution in [0.3, 0.4) is 0 Å². The zero-order chi connectivity index (χ0) is 15.5. The maximum atomic E-state index is 12.2. The zero-order valence-corrected chi connectivity index (χ0v) is 13.3. The summed E-state index contributed by atoms with van der Waals surface area (Å²) >= 11 is 3.17. The van der Waals surface area contributed by atoms with Crippen LogP contribution < -0.4 is 11.1 Å². The van der Waals surface area contributed by atoms with Gasteiger partial charge in [-0.15, -0.1) is 0 Å². The Morgan fingerprint density at radius 3 is 2.33 bits per heavy atom. The molecular weight excluding hydrogens is 356 g/mol. The molecule has 0 saturated heterocycles. The number of sulfone groups is 1. The highest BCUT2D eigenvalue weighted by Gasteiger charge is 2.21. The van der Waals surface area contributed by atoms with Crippen LogP contribution >= 0.6 is 15.9 Å². The number of hydrogen-bond donors (Lipinski definition) is 2. The molecule has 21 heavy (non-hydrogen) atoms. The van der Waals surface area contributed by atoms with Gasteiger partial charge in [-0.2, -0.15) is 0 Å². The van der Waals surface area contributed by atoms with Crippen LogP contribution in [0.4, 0.5) is 11.4 Å². The molecule has 0 aliphatic carbocycles. The molecule has 1 amide bonds. The molecule has 0 aliphatic heterocycles. The van der Waals surface area contributed by atoms with Crippen molar-refractivity contribution in [1.29, 1.82) is 0 Å². The average molecular weight is 369 g/mol. The summed E-state index contributed by atoms with van der Waals surface area (Å²) in [5.74, 6) is -1.23. The van der Waals surface area contributed by atoms with Crippen molar-refractivity contribution < 1.29 is 13.2 Å². The number of halogens is 1. The van der Waals surface area contributed by atoms with Crippen LogP contribution in [0.1, 0.15) is 0 Å². The van der Waals surface area contributed by atoms with Gasteiger partial charge in [0.05, 0.1) is 4.90 Å². The summed E-state index contributed by atoms with van der Waals surface area (Å²) < 4.78 is 24.8. The Morgan fingerprint density at radius 1 is 1.10 bits per heavy atom. The second-order valence-electron chi connectivity index (χ2n) is 4.36. The standard InChI is InChI=1S/C14H13BrN2O3S/c15-12-3-1-2-4-13(12)21(19,20)9-14(18)17-11-7-5-10(16)6-8-11/h1-8H,9,16H2,(H,17,18). The van der Waals surface area contributed by atoms with Crippen LogP contribution in [0.5, 0.6) is 0 Å². The fraction of sp³-hybridized carbons (Fsp3) is 0.0714. The largest absolute Gasteiger partial charge is 0.399 e. The number of nitrogens with two attached hydrogens (primary N) is 1. The average Bonchev–Trinajstić information content (AvgIpc) is 2.41. The van der Waals surface area contributed by atoms with Crippen molar-refractivity contribution in [2.75, 3.05) is 16.8 Å². The van der Waals surface area contributed by atoms with E-state index in [0.29, 0.717) is 15.8 Å². The highest BCUT2D eigenvalue weighted by molar-refractivity contribution is 9.10. The summed E-state index contributed by atoms with van der Waals surface area (Å²) in [6.45, 7) is 0. The lowest BCUT2D eigenvalue weighted by molar-refractivity contribution is -0.113. The number of amides is 1. The minimum atomic E-state index is -3.70. The Balaban J connectivity index is 2.12. The molecule has 2 rings (SSSR count). The lowest BCUT2D eigenvalue weighted by Gasteiger charge is -2.08. The van der Waals surface area contributed by atoms with Crippen molar-refractivity contribution in [2.45, 2.75) is 4.90 Å². The van der Waals surface area contributed by atoms with Crippen molar-refractivity contribution >= 4 is 43.0 Å². The van der Waals surface area contributed by atoms with Gasteiger partial charge in [-0.25, -0.2) is 8.42 Å². The zero-order valence-electron chi connectivity index (χ0n) is 10.9. The number of carbonyl (C=O) groups excluding carboxylic acids is 1. The van der Waals surface area contributed by atoms with Gasteiger partial charge >= 0.3 is 0 Å². The van der Waals surface area contributed by atoms with Crippen LogP contribution in [0, 0.1) is 0 Å². The third-order valence-corrected chi connectivity index (χ3v) is 5.31. The van der Waals surface area contributed by atoms with E-state index in [-0.39, 0.29) is 4.90 Å². The Labute approximate surface area is 131 Å². The normalized spacial score (nSPS) is 11.1. The molecule has 2 aromatic carbocycles. The number of rotatable bonds is 4. The van der Waals surface area contributed by atoms with Gasteiger partial charge < -0.3 is 11.1 Å². The second-order valence-corrected chi connectivity index (χ2v) is 7.17. The smallest absolute Gasteiger partial charge is 0.239 e. The molecule has 5 nitrogen and oxygen atoms in total. The van der Waals surface area contributed by atoms with Gasteiger partial charge in [0, 0.05) is 15.8 Å². The monoisotopic (exact) mass is 368 g/mol. The van der Waals surface area contributed by atoms with Gasteiger partial charge in [0.25, 0.3) is 0 Å². The molecule has 3 N–H and O–H groups in total. The molecule has 0 bridgehead atoms. The van der Waals surface area contributed by atoms with E-state index in [0.717, 1.165) is 0 Å². The first-order chi connectivity index (χ1) is 9.88. The van der Waals surface area contributed by atoms with Gasteiger partial charge in [0.2, 0.25) is 5.91 Å². The molecule has 0 saturated carbocycles. The minimum absolute atomic E-state index is 0.0949. The van der Waals surface area contributed by atoms with Gasteiger partial charge in [0.1, 0.15) is 5.75 Å². The highest BCUT2D eigenvalue weighted by atomic mass is 79.9. The molecule has 2 aromatic rings. The number of nitrogens with one attached hydrogen (secondary N) is 1. The Morgan fingerprint density at radius 2 is 1.71 bits per heavy atom. The molecule has 0 unspecified atom stereocenters. The van der Waals surface area contributed by atoms with Gasteiger partial charge in [0.15, 0.2) is 9.84 Å². The number of benzene rings is 2. The molecule has 0 atom stereocenters. The van der Waals surface area contributed by atoms with Gasteiger partial charge in [-0.3, -0.25) is 4.79 Å². The maximum absolute atomic E-state index is 12.2. The molecular formula is C14H13BrN2O3S. The molecule has 7 heteroatoms. The summed E-state index contributed by atoms with van der Waals surface area (Å²) in [4.78, 5) is 12.0. The highest BCUT2D eigenvalue weighted by Crippen LogP contribution is 2.22. The van der Waals surface area contributed by atoms with Crippen molar-refractivity contribution in [3.63, 3.8) is 0 Å². The van der Waals surface area contributed by atoms with E-state index in [1.54, 1.807) is 42.5 Å². The van der Waals surface area contributed by atoms with Gasteiger partial charge in [-0.05, 0) is 52.3 Å². The number of nitrogen functional groups attached to an aromatic ring is 1. The number of carbonyl (C=O) groups is 1. The van der Waals surface area contributed by atoms with Crippen LogP contribution in [-0.4, -0.2) is 20.1 Å². The first kappa shape index (κ1) is 15.5. The Kier molecular flexibility index (Phi) is 4.64. The van der Waals surface area contributed by atoms with Crippen molar-refractivity contribution in [2.24, 2.45) is 0 Å².